The zero-order valence-electron chi connectivity index (χ0n) is 9.76. The summed E-state index contributed by atoms with van der Waals surface area (Å²) in [5.74, 6) is 0.731. The molecular formula is C11H15ClN4OS. The largest absolute Gasteiger partial charge is 0.326 e. The molecule has 98 valence electrons. The van der Waals surface area contributed by atoms with E-state index < -0.39 is 0 Å². The van der Waals surface area contributed by atoms with E-state index in [9.17, 15) is 4.79 Å². The topological polar surface area (TPSA) is 75.0 Å². The maximum atomic E-state index is 11.8. The van der Waals surface area contributed by atoms with E-state index in [-0.39, 0.29) is 24.0 Å². The van der Waals surface area contributed by atoms with Gasteiger partial charge in [-0.15, -0.1) is 23.7 Å². The van der Waals surface area contributed by atoms with Gasteiger partial charge in [-0.05, 0) is 17.9 Å². The molecule has 2 aromatic heterocycles. The summed E-state index contributed by atoms with van der Waals surface area (Å²) in [4.78, 5) is 21.3. The highest BCUT2D eigenvalue weighted by Gasteiger charge is 2.19. The van der Waals surface area contributed by atoms with E-state index in [1.807, 2.05) is 11.4 Å². The fourth-order valence-electron chi connectivity index (χ4n) is 2.21. The number of thiophene rings is 1. The molecule has 5 nitrogen and oxygen atoms in total. The number of nitrogens with two attached hydrogens (primary N) is 1. The van der Waals surface area contributed by atoms with Crippen molar-refractivity contribution >= 4 is 34.0 Å². The first kappa shape index (κ1) is 13.5. The Morgan fingerprint density at radius 1 is 1.61 bits per heavy atom. The van der Waals surface area contributed by atoms with Gasteiger partial charge in [-0.2, -0.15) is 0 Å². The number of H-pyrrole nitrogens is 1. The van der Waals surface area contributed by atoms with Crippen molar-refractivity contribution in [3.8, 4) is 0 Å². The van der Waals surface area contributed by atoms with Gasteiger partial charge in [-0.1, -0.05) is 0 Å². The maximum absolute atomic E-state index is 11.8. The number of hydrogen-bond donors (Lipinski definition) is 2. The van der Waals surface area contributed by atoms with Crippen LogP contribution in [-0.2, 0) is 6.54 Å². The first-order chi connectivity index (χ1) is 8.22. The number of hydrogen-bond acceptors (Lipinski definition) is 5. The molecule has 0 saturated carbocycles. The Bertz CT molecular complexity index is 596. The van der Waals surface area contributed by atoms with E-state index in [1.165, 1.54) is 11.3 Å². The average Bonchev–Trinajstić information content (AvgIpc) is 2.87. The Morgan fingerprint density at radius 2 is 2.44 bits per heavy atom. The van der Waals surface area contributed by atoms with Gasteiger partial charge in [0.25, 0.3) is 5.56 Å². The second-order valence-electron chi connectivity index (χ2n) is 4.43. The number of halogens is 1. The molecule has 1 aliphatic rings. The molecule has 0 aliphatic carbocycles. The van der Waals surface area contributed by atoms with Crippen LogP contribution in [0.15, 0.2) is 16.2 Å². The molecule has 0 amide bonds. The van der Waals surface area contributed by atoms with Crippen LogP contribution in [0.5, 0.6) is 0 Å². The van der Waals surface area contributed by atoms with Gasteiger partial charge in [0.1, 0.15) is 10.5 Å². The molecule has 0 aromatic carbocycles. The first-order valence-corrected chi connectivity index (χ1v) is 6.54. The second-order valence-corrected chi connectivity index (χ2v) is 5.35. The van der Waals surface area contributed by atoms with Crippen molar-refractivity contribution in [2.24, 2.45) is 5.73 Å². The third-order valence-electron chi connectivity index (χ3n) is 3.05. The van der Waals surface area contributed by atoms with Crippen LogP contribution in [-0.4, -0.2) is 34.0 Å². The molecule has 0 unspecified atom stereocenters. The van der Waals surface area contributed by atoms with Crippen molar-refractivity contribution in [1.29, 1.82) is 0 Å². The van der Waals surface area contributed by atoms with Crippen LogP contribution >= 0.6 is 23.7 Å². The minimum Gasteiger partial charge on any atom is -0.326 e. The fourth-order valence-corrected chi connectivity index (χ4v) is 2.94. The predicted octanol–water partition coefficient (Wildman–Crippen LogP) is 0.939. The molecular weight excluding hydrogens is 272 g/mol. The summed E-state index contributed by atoms with van der Waals surface area (Å²) < 4.78 is 0.701. The van der Waals surface area contributed by atoms with Gasteiger partial charge in [0.05, 0.1) is 12.1 Å². The van der Waals surface area contributed by atoms with Crippen molar-refractivity contribution < 1.29 is 0 Å². The molecule has 2 aromatic rings. The van der Waals surface area contributed by atoms with Gasteiger partial charge in [0, 0.05) is 19.1 Å². The Hall–Kier alpha value is -0.950. The van der Waals surface area contributed by atoms with Crippen LogP contribution in [0.3, 0.4) is 0 Å². The molecule has 1 fully saturated rings. The second kappa shape index (κ2) is 5.36. The van der Waals surface area contributed by atoms with Crippen molar-refractivity contribution in [1.82, 2.24) is 14.9 Å². The third kappa shape index (κ3) is 2.56. The quantitative estimate of drug-likeness (QED) is 0.862. The van der Waals surface area contributed by atoms with E-state index in [4.69, 9.17) is 5.73 Å². The Labute approximate surface area is 114 Å². The van der Waals surface area contributed by atoms with E-state index in [0.29, 0.717) is 11.2 Å². The van der Waals surface area contributed by atoms with Crippen molar-refractivity contribution in [3.05, 3.63) is 27.6 Å². The number of aromatic amines is 1. The van der Waals surface area contributed by atoms with Gasteiger partial charge in [0.15, 0.2) is 0 Å². The van der Waals surface area contributed by atoms with Gasteiger partial charge in [-0.25, -0.2) is 4.98 Å². The fraction of sp³-hybridized carbons (Fsp3) is 0.455. The maximum Gasteiger partial charge on any atom is 0.268 e. The van der Waals surface area contributed by atoms with Gasteiger partial charge in [-0.3, -0.25) is 9.69 Å². The van der Waals surface area contributed by atoms with E-state index in [1.54, 1.807) is 0 Å². The lowest BCUT2D eigenvalue weighted by Gasteiger charge is -2.13. The molecule has 1 saturated heterocycles. The minimum atomic E-state index is -0.0384. The zero-order valence-corrected chi connectivity index (χ0v) is 11.4. The molecule has 3 N–H and O–H groups in total. The van der Waals surface area contributed by atoms with Crippen molar-refractivity contribution in [3.63, 3.8) is 0 Å². The van der Waals surface area contributed by atoms with E-state index >= 15 is 0 Å². The summed E-state index contributed by atoms with van der Waals surface area (Å²) in [5.41, 5.74) is 6.60. The Morgan fingerprint density at radius 3 is 3.17 bits per heavy atom. The normalized spacial score (nSPS) is 20.2. The minimum absolute atomic E-state index is 0. The lowest BCUT2D eigenvalue weighted by molar-refractivity contribution is 0.318. The van der Waals surface area contributed by atoms with Gasteiger partial charge >= 0.3 is 0 Å². The van der Waals surface area contributed by atoms with Crippen LogP contribution in [0.4, 0.5) is 0 Å². The highest BCUT2D eigenvalue weighted by molar-refractivity contribution is 7.17. The molecule has 1 aliphatic heterocycles. The number of fused-ring (bicyclic) bond motifs is 1. The van der Waals surface area contributed by atoms with E-state index in [2.05, 4.69) is 14.9 Å². The molecule has 7 heteroatoms. The summed E-state index contributed by atoms with van der Waals surface area (Å²) in [7, 11) is 0. The monoisotopic (exact) mass is 286 g/mol. The summed E-state index contributed by atoms with van der Waals surface area (Å²) in [6.07, 6.45) is 1.02. The first-order valence-electron chi connectivity index (χ1n) is 5.67. The smallest absolute Gasteiger partial charge is 0.268 e. The Balaban J connectivity index is 0.00000120. The zero-order chi connectivity index (χ0) is 11.8. The van der Waals surface area contributed by atoms with E-state index in [0.717, 1.165) is 30.9 Å². The standard InChI is InChI=1S/C11H14N4OS.ClH/c12-7-1-3-15(5-7)6-9-13-8-2-4-17-10(8)11(16)14-9;/h2,4,7H,1,3,5-6,12H2,(H,13,14,16);1H/t7-;/m1./s1. The van der Waals surface area contributed by atoms with Crippen LogP contribution in [0.2, 0.25) is 0 Å². The molecule has 1 atom stereocenters. The van der Waals surface area contributed by atoms with Gasteiger partial charge in [0.2, 0.25) is 0 Å². The highest BCUT2D eigenvalue weighted by atomic mass is 35.5. The van der Waals surface area contributed by atoms with Crippen molar-refractivity contribution in [2.45, 2.75) is 19.0 Å². The van der Waals surface area contributed by atoms with Crippen LogP contribution in [0.25, 0.3) is 10.2 Å². The number of rotatable bonds is 2. The molecule has 0 radical (unpaired) electrons. The molecule has 3 rings (SSSR count). The molecule has 0 spiro atoms. The van der Waals surface area contributed by atoms with Crippen LogP contribution in [0, 0.1) is 0 Å². The molecule has 0 bridgehead atoms. The highest BCUT2D eigenvalue weighted by Crippen LogP contribution is 2.15. The lowest BCUT2D eigenvalue weighted by Crippen LogP contribution is -2.27. The van der Waals surface area contributed by atoms with Crippen LogP contribution < -0.4 is 11.3 Å². The number of aromatic nitrogens is 2. The summed E-state index contributed by atoms with van der Waals surface area (Å²) >= 11 is 1.43. The third-order valence-corrected chi connectivity index (χ3v) is 3.95. The average molecular weight is 287 g/mol. The molecule has 3 heterocycles. The number of nitrogens with one attached hydrogen (secondary N) is 1. The SMILES string of the molecule is Cl.N[C@@H]1CCN(Cc2nc3ccsc3c(=O)[nH]2)C1. The number of nitrogens with zero attached hydrogens (tertiary/aromatic N) is 2. The summed E-state index contributed by atoms with van der Waals surface area (Å²) in [5, 5.41) is 1.89. The molecule has 18 heavy (non-hydrogen) atoms. The number of likely N-dealkylation sites (tertiary alicyclic amines) is 1. The summed E-state index contributed by atoms with van der Waals surface area (Å²) in [6.45, 7) is 2.53. The predicted molar refractivity (Wildman–Crippen MR) is 75.4 cm³/mol. The van der Waals surface area contributed by atoms with Crippen LogP contribution in [0.1, 0.15) is 12.2 Å². The van der Waals surface area contributed by atoms with Gasteiger partial charge < -0.3 is 10.7 Å². The van der Waals surface area contributed by atoms with Crippen molar-refractivity contribution in [2.75, 3.05) is 13.1 Å². The lowest BCUT2D eigenvalue weighted by atomic mass is 10.3. The summed E-state index contributed by atoms with van der Waals surface area (Å²) in [6, 6.07) is 2.14. The Kier molecular flexibility index (Phi) is 4.01.